The summed E-state index contributed by atoms with van der Waals surface area (Å²) in [6.07, 6.45) is 1.96. The number of ether oxygens (including phenoxy) is 6. The van der Waals surface area contributed by atoms with Gasteiger partial charge in [0.25, 0.3) is 5.89 Å². The maximum atomic E-state index is 14.0. The highest BCUT2D eigenvalue weighted by molar-refractivity contribution is 7.13. The van der Waals surface area contributed by atoms with Gasteiger partial charge < -0.3 is 74.1 Å². The monoisotopic (exact) mass is 1250 g/mol. The number of aryl methyl sites for hydroxylation is 1. The van der Waals surface area contributed by atoms with Crippen LogP contribution in [0.4, 0.5) is 17.5 Å². The van der Waals surface area contributed by atoms with Crippen LogP contribution in [0.2, 0.25) is 0 Å². The predicted octanol–water partition coefficient (Wildman–Crippen LogP) is 5.85. The molecule has 0 radical (unpaired) electrons. The van der Waals surface area contributed by atoms with Crippen LogP contribution in [-0.2, 0) is 59.7 Å². The minimum absolute atomic E-state index is 0.0346. The van der Waals surface area contributed by atoms with E-state index in [0.717, 1.165) is 32.8 Å². The molecule has 4 atom stereocenters. The predicted molar refractivity (Wildman–Crippen MR) is 328 cm³/mol. The van der Waals surface area contributed by atoms with Gasteiger partial charge in [-0.3, -0.25) is 19.2 Å². The molecule has 9 rings (SSSR count). The zero-order valence-electron chi connectivity index (χ0n) is 51.0. The summed E-state index contributed by atoms with van der Waals surface area (Å²) in [7, 11) is 0. The van der Waals surface area contributed by atoms with Crippen LogP contribution in [-0.4, -0.2) is 185 Å². The molecule has 4 amide bonds. The van der Waals surface area contributed by atoms with Gasteiger partial charge in [0.1, 0.15) is 36.7 Å². The average molecular weight is 1250 g/mol. The first-order chi connectivity index (χ1) is 42.8. The highest BCUT2D eigenvalue weighted by atomic mass is 32.1. The first-order valence-electron chi connectivity index (χ1n) is 29.8. The Kier molecular flexibility index (Phi) is 22.6. The third kappa shape index (κ3) is 17.5. The fourth-order valence-electron chi connectivity index (χ4n) is 10.6. The van der Waals surface area contributed by atoms with Gasteiger partial charge in [0.05, 0.1) is 98.8 Å². The SMILES string of the molecule is Cc1ncsc1-c1ccc(CNC(=O)[C@@H]2C[C@@H](O)CN2C(=O)[C@@H](NC(=O)COCCOCCOCCOCCOCC(=O)N2CCC(c3nnc(-c4cnc(Nc5ccc6c(c5)C(C)(C)OC6=O)nc4N[C@H](CO)c4ccccc4)o3)CC2)C(C)(C)C)cc1. The molecule has 6 N–H and O–H groups in total. The maximum Gasteiger partial charge on any atom is 0.339 e. The fourth-order valence-corrected chi connectivity index (χ4v) is 11.4. The number of aromatic nitrogens is 5. The molecule has 3 aliphatic heterocycles. The normalized spacial score (nSPS) is 17.2. The lowest BCUT2D eigenvalue weighted by atomic mass is 9.85. The van der Waals surface area contributed by atoms with Crippen LogP contribution in [0.5, 0.6) is 0 Å². The van der Waals surface area contributed by atoms with Crippen LogP contribution in [0.25, 0.3) is 21.9 Å². The summed E-state index contributed by atoms with van der Waals surface area (Å²) < 4.78 is 39.7. The van der Waals surface area contributed by atoms with E-state index >= 15 is 0 Å². The molecule has 2 saturated heterocycles. The van der Waals surface area contributed by atoms with Crippen molar-refractivity contribution in [3.63, 3.8) is 0 Å². The fraction of sp³-hybridized carbons (Fsp3) is 0.492. The zero-order chi connectivity index (χ0) is 63.1. The number of β-amino-alcohol motifs (C(OH)–C–C–N with tert-alkyl or cyclic N) is 1. The Morgan fingerprint density at radius 1 is 0.843 bits per heavy atom. The van der Waals surface area contributed by atoms with E-state index in [0.29, 0.717) is 74.3 Å². The van der Waals surface area contributed by atoms with Gasteiger partial charge in [-0.15, -0.1) is 21.5 Å². The van der Waals surface area contributed by atoms with E-state index in [1.807, 2.05) is 102 Å². The number of hydrogen-bond donors (Lipinski definition) is 6. The molecular formula is C63H79N11O14S. The summed E-state index contributed by atoms with van der Waals surface area (Å²) in [5, 5.41) is 42.1. The van der Waals surface area contributed by atoms with Crippen LogP contribution >= 0.6 is 11.3 Å². The molecule has 3 aliphatic rings. The molecule has 3 aromatic heterocycles. The Morgan fingerprint density at radius 3 is 2.17 bits per heavy atom. The number of carbonyl (C=O) groups excluding carboxylic acids is 5. The summed E-state index contributed by atoms with van der Waals surface area (Å²) in [5.41, 5.74) is 6.31. The topological polar surface area (TPSA) is 313 Å². The van der Waals surface area contributed by atoms with Crippen molar-refractivity contribution >= 4 is 58.4 Å². The zero-order valence-corrected chi connectivity index (χ0v) is 51.8. The van der Waals surface area contributed by atoms with Gasteiger partial charge in [0, 0.05) is 56.0 Å². The van der Waals surface area contributed by atoms with Crippen molar-refractivity contribution < 1.29 is 67.0 Å². The highest BCUT2D eigenvalue weighted by Gasteiger charge is 2.45. The van der Waals surface area contributed by atoms with Crippen LogP contribution in [0.1, 0.15) is 104 Å². The molecule has 0 aliphatic carbocycles. The Labute approximate surface area is 520 Å². The van der Waals surface area contributed by atoms with Gasteiger partial charge in [-0.1, -0.05) is 75.4 Å². The van der Waals surface area contributed by atoms with Crippen LogP contribution in [0, 0.1) is 12.3 Å². The van der Waals surface area contributed by atoms with Crippen molar-refractivity contribution in [2.24, 2.45) is 5.41 Å². The molecule has 0 unspecified atom stereocenters. The Morgan fingerprint density at radius 2 is 1.52 bits per heavy atom. The lowest BCUT2D eigenvalue weighted by Gasteiger charge is -2.35. The summed E-state index contributed by atoms with van der Waals surface area (Å²) in [5.74, 6) is -0.764. The number of nitrogens with one attached hydrogen (secondary N) is 4. The van der Waals surface area contributed by atoms with E-state index in [2.05, 4.69) is 41.4 Å². The summed E-state index contributed by atoms with van der Waals surface area (Å²) in [6.45, 7) is 13.6. The van der Waals surface area contributed by atoms with Crippen molar-refractivity contribution in [2.75, 3.05) is 103 Å². The highest BCUT2D eigenvalue weighted by Crippen LogP contribution is 2.39. The molecule has 26 heteroatoms. The van der Waals surface area contributed by atoms with Gasteiger partial charge in [-0.2, -0.15) is 4.98 Å². The molecule has 6 heterocycles. The number of esters is 1. The number of hydrogen-bond acceptors (Lipinski definition) is 22. The summed E-state index contributed by atoms with van der Waals surface area (Å²) >= 11 is 1.56. The van der Waals surface area contributed by atoms with Crippen molar-refractivity contribution in [1.29, 1.82) is 0 Å². The molecule has 0 bridgehead atoms. The number of rotatable bonds is 30. The molecule has 25 nitrogen and oxygen atoms in total. The minimum atomic E-state index is -0.989. The van der Waals surface area contributed by atoms with Gasteiger partial charge in [-0.25, -0.2) is 14.8 Å². The Hall–Kier alpha value is -7.82. The number of piperidine rings is 1. The number of cyclic esters (lactones) is 1. The Bertz CT molecular complexity index is 3350. The van der Waals surface area contributed by atoms with Crippen molar-refractivity contribution in [1.82, 2.24) is 45.6 Å². The van der Waals surface area contributed by atoms with Gasteiger partial charge >= 0.3 is 5.97 Å². The number of fused-ring (bicyclic) bond motifs is 1. The van der Waals surface area contributed by atoms with Crippen LogP contribution in [0.3, 0.4) is 0 Å². The number of carbonyl (C=O) groups is 5. The Balaban J connectivity index is 0.617. The van der Waals surface area contributed by atoms with E-state index in [1.54, 1.807) is 40.1 Å². The number of likely N-dealkylation sites (tertiary alicyclic amines) is 2. The molecule has 3 aromatic carbocycles. The van der Waals surface area contributed by atoms with E-state index < -0.39 is 47.1 Å². The smallest absolute Gasteiger partial charge is 0.339 e. The molecule has 476 valence electrons. The first-order valence-corrected chi connectivity index (χ1v) is 30.7. The molecule has 0 saturated carbocycles. The lowest BCUT2D eigenvalue weighted by Crippen LogP contribution is -2.58. The first kappa shape index (κ1) is 65.6. The third-order valence-electron chi connectivity index (χ3n) is 15.5. The maximum absolute atomic E-state index is 14.0. The number of amides is 4. The minimum Gasteiger partial charge on any atom is -0.451 e. The van der Waals surface area contributed by atoms with E-state index in [1.165, 1.54) is 4.90 Å². The third-order valence-corrected chi connectivity index (χ3v) is 16.5. The molecule has 89 heavy (non-hydrogen) atoms. The molecule has 2 fully saturated rings. The number of aliphatic hydroxyl groups excluding tert-OH is 2. The molecule has 6 aromatic rings. The van der Waals surface area contributed by atoms with Gasteiger partial charge in [0.2, 0.25) is 35.5 Å². The number of nitrogens with zero attached hydrogens (tertiary/aromatic N) is 7. The lowest BCUT2D eigenvalue weighted by molar-refractivity contribution is -0.144. The second-order valence-corrected chi connectivity index (χ2v) is 24.4. The van der Waals surface area contributed by atoms with Gasteiger partial charge in [0.15, 0.2) is 0 Å². The van der Waals surface area contributed by atoms with Crippen molar-refractivity contribution in [3.05, 3.63) is 118 Å². The van der Waals surface area contributed by atoms with Gasteiger partial charge in [-0.05, 0) is 73.9 Å². The van der Waals surface area contributed by atoms with Crippen LogP contribution < -0.4 is 21.3 Å². The largest absolute Gasteiger partial charge is 0.451 e. The standard InChI is InChI=1S/C63H79N11O14S/c1-39-53(89-38-66-39)42-14-12-40(13-15-42)32-64-56(79)50-31-45(76)34-74(50)59(80)54(62(2,3)4)69-51(77)36-85-28-26-83-24-22-82-23-25-84-27-29-86-37-52(78)73-20-18-43(19-21-73)57-71-72-58(87-57)47-33-65-61(70-55(47)68-49(35-75)41-10-8-7-9-11-41)67-44-16-17-46-48(30-44)63(5,6)88-60(46)81/h7-17,30,33,38,43,45,49-50,54,75-76H,18-29,31-32,34-37H2,1-6H3,(H,64,79)(H,69,77)(H2,65,67,68,70)/t45-,49-,50+,54-/m1/s1. The number of benzene rings is 3. The second-order valence-electron chi connectivity index (χ2n) is 23.5. The second kappa shape index (κ2) is 30.6. The van der Waals surface area contributed by atoms with Crippen molar-refractivity contribution in [2.45, 2.75) is 103 Å². The quantitative estimate of drug-likeness (QED) is 0.0227. The summed E-state index contributed by atoms with van der Waals surface area (Å²) in [4.78, 5) is 83.8. The van der Waals surface area contributed by atoms with Crippen molar-refractivity contribution in [3.8, 4) is 21.9 Å². The summed E-state index contributed by atoms with van der Waals surface area (Å²) in [6, 6.07) is 20.2. The van der Waals surface area contributed by atoms with E-state index in [9.17, 15) is 34.2 Å². The average Bonchev–Trinajstić information content (AvgIpc) is 1.87. The molecule has 0 spiro atoms. The van der Waals surface area contributed by atoms with E-state index in [-0.39, 0.29) is 108 Å². The van der Waals surface area contributed by atoms with E-state index in [4.69, 9.17) is 37.8 Å². The number of aliphatic hydroxyl groups is 2. The number of anilines is 3. The van der Waals surface area contributed by atoms with Crippen LogP contribution in [0.15, 0.2) is 88.9 Å². The number of thiazole rings is 1. The molecular weight excluding hydrogens is 1170 g/mol.